The molecule has 0 fully saturated rings. The molecular formula is C24H48. The fourth-order valence-corrected chi connectivity index (χ4v) is 2.21. The molecule has 0 aromatic heterocycles. The minimum atomic E-state index is 0.718. The minimum Gasteiger partial charge on any atom is -0.0887 e. The van der Waals surface area contributed by atoms with E-state index in [0.717, 1.165) is 17.8 Å². The molecule has 0 amide bonds. The zero-order valence-corrected chi connectivity index (χ0v) is 19.1. The van der Waals surface area contributed by atoms with Gasteiger partial charge in [0.25, 0.3) is 0 Å². The fourth-order valence-electron chi connectivity index (χ4n) is 2.21. The average Bonchev–Trinajstić information content (AvgIpc) is 2.46. The van der Waals surface area contributed by atoms with Gasteiger partial charge in [0.2, 0.25) is 0 Å². The van der Waals surface area contributed by atoms with E-state index in [4.69, 9.17) is 0 Å². The summed E-state index contributed by atoms with van der Waals surface area (Å²) in [6.07, 6.45) is 10.4. The van der Waals surface area contributed by atoms with Gasteiger partial charge in [-0.05, 0) is 71.6 Å². The standard InChI is InChI=1S/3C8H16/c3*1-5-8(4)6-7(2)3/h6-7H,5H2,1-4H3;2*5,7H,6H2,1-4H3/b8-6-;8-5+;8-5-. The van der Waals surface area contributed by atoms with E-state index in [-0.39, 0.29) is 0 Å². The molecule has 0 aliphatic carbocycles. The van der Waals surface area contributed by atoms with Crippen molar-refractivity contribution in [3.8, 4) is 0 Å². The molecule has 0 aromatic carbocycles. The predicted octanol–water partition coefficient (Wildman–Crippen LogP) is 9.00. The van der Waals surface area contributed by atoms with E-state index < -0.39 is 0 Å². The van der Waals surface area contributed by atoms with E-state index in [9.17, 15) is 0 Å². The molecule has 0 heterocycles. The molecule has 0 aliphatic heterocycles. The molecule has 0 saturated heterocycles. The Balaban J connectivity index is -0.000000276. The van der Waals surface area contributed by atoms with Gasteiger partial charge in [-0.25, -0.2) is 0 Å². The van der Waals surface area contributed by atoms with E-state index in [2.05, 4.69) is 101 Å². The van der Waals surface area contributed by atoms with Crippen molar-refractivity contribution in [2.75, 3.05) is 0 Å². The van der Waals surface area contributed by atoms with Gasteiger partial charge in [-0.1, -0.05) is 83.4 Å². The number of hydrogen-bond acceptors (Lipinski definition) is 0. The molecule has 0 aromatic rings. The quantitative estimate of drug-likeness (QED) is 0.424. The Morgan fingerprint density at radius 1 is 0.667 bits per heavy atom. The van der Waals surface area contributed by atoms with Crippen molar-refractivity contribution in [1.82, 2.24) is 0 Å². The van der Waals surface area contributed by atoms with Crippen molar-refractivity contribution in [1.29, 1.82) is 0 Å². The van der Waals surface area contributed by atoms with Gasteiger partial charge in [-0.3, -0.25) is 0 Å². The summed E-state index contributed by atoms with van der Waals surface area (Å²) >= 11 is 0. The maximum atomic E-state index is 2.31. The molecular weight excluding hydrogens is 288 g/mol. The van der Waals surface area contributed by atoms with Crippen LogP contribution in [0.1, 0.15) is 102 Å². The van der Waals surface area contributed by atoms with Gasteiger partial charge in [-0.15, -0.1) is 0 Å². The molecule has 0 radical (unpaired) electrons. The number of rotatable bonds is 6. The molecule has 0 aliphatic rings. The summed E-state index contributed by atoms with van der Waals surface area (Å²) in [6, 6.07) is 0. The molecule has 0 nitrogen and oxygen atoms in total. The van der Waals surface area contributed by atoms with Crippen LogP contribution in [0.3, 0.4) is 0 Å². The Kier molecular flexibility index (Phi) is 21.7. The SMILES string of the molecule is C/C=C(/C)CC(C)C.C/C=C(\C)CC(C)C.CC/C(C)=C\C(C)C. The monoisotopic (exact) mass is 336 g/mol. The van der Waals surface area contributed by atoms with Crippen LogP contribution in [0.25, 0.3) is 0 Å². The Hall–Kier alpha value is -0.780. The van der Waals surface area contributed by atoms with Gasteiger partial charge in [-0.2, -0.15) is 0 Å². The van der Waals surface area contributed by atoms with Crippen LogP contribution in [0, 0.1) is 17.8 Å². The molecule has 0 saturated carbocycles. The lowest BCUT2D eigenvalue weighted by Gasteiger charge is -2.01. The van der Waals surface area contributed by atoms with E-state index in [1.807, 2.05) is 0 Å². The van der Waals surface area contributed by atoms with Gasteiger partial charge >= 0.3 is 0 Å². The fraction of sp³-hybridized carbons (Fsp3) is 0.750. The minimum absolute atomic E-state index is 0.718. The lowest BCUT2D eigenvalue weighted by molar-refractivity contribution is 0.641. The first-order valence-electron chi connectivity index (χ1n) is 9.90. The second-order valence-corrected chi connectivity index (χ2v) is 8.08. The first-order chi connectivity index (χ1) is 11.0. The molecule has 0 unspecified atom stereocenters. The summed E-state index contributed by atoms with van der Waals surface area (Å²) < 4.78 is 0. The molecule has 0 bridgehead atoms. The number of allylic oxidation sites excluding steroid dienone is 6. The highest BCUT2D eigenvalue weighted by atomic mass is 14.0. The summed E-state index contributed by atoms with van der Waals surface area (Å²) in [5.74, 6) is 2.34. The van der Waals surface area contributed by atoms with Gasteiger partial charge in [0.15, 0.2) is 0 Å². The first kappa shape index (κ1) is 28.0. The van der Waals surface area contributed by atoms with Crippen molar-refractivity contribution in [3.63, 3.8) is 0 Å². The van der Waals surface area contributed by atoms with Crippen LogP contribution in [-0.4, -0.2) is 0 Å². The average molecular weight is 337 g/mol. The molecule has 0 N–H and O–H groups in total. The van der Waals surface area contributed by atoms with Crippen LogP contribution in [0.4, 0.5) is 0 Å². The summed E-state index contributed by atoms with van der Waals surface area (Å²) in [6.45, 7) is 26.3. The lowest BCUT2D eigenvalue weighted by Crippen LogP contribution is -1.86. The van der Waals surface area contributed by atoms with Crippen LogP contribution >= 0.6 is 0 Å². The Morgan fingerprint density at radius 3 is 1.08 bits per heavy atom. The molecule has 0 atom stereocenters. The molecule has 144 valence electrons. The van der Waals surface area contributed by atoms with Crippen molar-refractivity contribution in [2.45, 2.75) is 102 Å². The summed E-state index contributed by atoms with van der Waals surface area (Å²) in [5, 5.41) is 0. The second-order valence-electron chi connectivity index (χ2n) is 8.08. The van der Waals surface area contributed by atoms with Crippen LogP contribution in [0.15, 0.2) is 34.9 Å². The highest BCUT2D eigenvalue weighted by Gasteiger charge is 1.92. The van der Waals surface area contributed by atoms with Crippen LogP contribution < -0.4 is 0 Å². The van der Waals surface area contributed by atoms with Crippen molar-refractivity contribution < 1.29 is 0 Å². The van der Waals surface area contributed by atoms with Gasteiger partial charge in [0, 0.05) is 0 Å². The van der Waals surface area contributed by atoms with E-state index in [0.29, 0.717) is 0 Å². The molecule has 0 spiro atoms. The third-order valence-electron chi connectivity index (χ3n) is 3.62. The van der Waals surface area contributed by atoms with Crippen LogP contribution in [-0.2, 0) is 0 Å². The van der Waals surface area contributed by atoms with Crippen LogP contribution in [0.2, 0.25) is 0 Å². The third-order valence-corrected chi connectivity index (χ3v) is 3.62. The molecule has 24 heavy (non-hydrogen) atoms. The summed E-state index contributed by atoms with van der Waals surface area (Å²) in [7, 11) is 0. The third kappa shape index (κ3) is 29.3. The van der Waals surface area contributed by atoms with Crippen molar-refractivity contribution in [3.05, 3.63) is 34.9 Å². The summed E-state index contributed by atoms with van der Waals surface area (Å²) in [5.41, 5.74) is 4.50. The topological polar surface area (TPSA) is 0 Å². The second kappa shape index (κ2) is 18.6. The molecule has 0 rings (SSSR count). The maximum absolute atomic E-state index is 2.31. The van der Waals surface area contributed by atoms with Gasteiger partial charge < -0.3 is 0 Å². The smallest absolute Gasteiger partial charge is 0.0288 e. The summed E-state index contributed by atoms with van der Waals surface area (Å²) in [4.78, 5) is 0. The Morgan fingerprint density at radius 2 is 1.00 bits per heavy atom. The largest absolute Gasteiger partial charge is 0.0887 e. The lowest BCUT2D eigenvalue weighted by atomic mass is 10.0. The van der Waals surface area contributed by atoms with Gasteiger partial charge in [0.1, 0.15) is 0 Å². The predicted molar refractivity (Wildman–Crippen MR) is 117 cm³/mol. The van der Waals surface area contributed by atoms with E-state index in [1.165, 1.54) is 36.0 Å². The molecule has 0 heteroatoms. The highest BCUT2D eigenvalue weighted by Crippen LogP contribution is 2.08. The number of hydrogen-bond donors (Lipinski definition) is 0. The van der Waals surface area contributed by atoms with E-state index in [1.54, 1.807) is 0 Å². The van der Waals surface area contributed by atoms with Crippen molar-refractivity contribution in [2.24, 2.45) is 17.8 Å². The van der Waals surface area contributed by atoms with Crippen molar-refractivity contribution >= 4 is 0 Å². The van der Waals surface area contributed by atoms with Gasteiger partial charge in [0.05, 0.1) is 0 Å². The Bertz CT molecular complexity index is 324. The maximum Gasteiger partial charge on any atom is -0.0288 e. The zero-order valence-electron chi connectivity index (χ0n) is 19.1. The van der Waals surface area contributed by atoms with Crippen LogP contribution in [0.5, 0.6) is 0 Å². The first-order valence-corrected chi connectivity index (χ1v) is 9.90. The zero-order chi connectivity index (χ0) is 19.7. The van der Waals surface area contributed by atoms with E-state index >= 15 is 0 Å². The normalized spacial score (nSPS) is 12.9. The Labute approximate surface area is 155 Å². The highest BCUT2D eigenvalue weighted by molar-refractivity contribution is 4.98.